The Labute approximate surface area is 167 Å². The second-order valence-electron chi connectivity index (χ2n) is 7.65. The van der Waals surface area contributed by atoms with Crippen LogP contribution in [0.4, 0.5) is 0 Å². The van der Waals surface area contributed by atoms with Crippen LogP contribution in [0.1, 0.15) is 44.9 Å². The zero-order chi connectivity index (χ0) is 20.2. The van der Waals surface area contributed by atoms with Gasteiger partial charge >= 0.3 is 5.97 Å². The number of Topliss-reactive ketones (excluding diaryl/α,β-unsaturated/α-hetero) is 1. The lowest BCUT2D eigenvalue weighted by atomic mass is 9.90. The molecule has 0 spiro atoms. The quantitative estimate of drug-likeness (QED) is 0.291. The van der Waals surface area contributed by atoms with Gasteiger partial charge in [-0.25, -0.2) is 0 Å². The molecule has 0 amide bonds. The predicted octanol–water partition coefficient (Wildman–Crippen LogP) is 1.32. The minimum atomic E-state index is -0.718. The van der Waals surface area contributed by atoms with E-state index in [1.807, 2.05) is 12.2 Å². The number of ketones is 1. The Morgan fingerprint density at radius 3 is 2.71 bits per heavy atom. The number of hydrogen-bond acceptors (Lipinski definition) is 7. The molecule has 0 bridgehead atoms. The molecule has 7 nitrogen and oxygen atoms in total. The fraction of sp³-hybridized carbons (Fsp3) is 0.810. The van der Waals surface area contributed by atoms with Crippen LogP contribution in [0.15, 0.2) is 12.2 Å². The normalized spacial score (nSPS) is 26.2. The molecular formula is C21H35NO6. The molecule has 1 aliphatic heterocycles. The second-order valence-corrected chi connectivity index (χ2v) is 7.65. The zero-order valence-electron chi connectivity index (χ0n) is 16.8. The van der Waals surface area contributed by atoms with Crippen LogP contribution < -0.4 is 0 Å². The summed E-state index contributed by atoms with van der Waals surface area (Å²) in [6.07, 6.45) is 8.10. The number of rotatable bonds is 12. The minimum Gasteiger partial charge on any atom is -0.464 e. The van der Waals surface area contributed by atoms with Crippen molar-refractivity contribution >= 4 is 11.8 Å². The summed E-state index contributed by atoms with van der Waals surface area (Å²) >= 11 is 0. The highest BCUT2D eigenvalue weighted by Crippen LogP contribution is 2.33. The van der Waals surface area contributed by atoms with E-state index in [2.05, 4.69) is 4.90 Å². The molecule has 2 fully saturated rings. The van der Waals surface area contributed by atoms with Gasteiger partial charge in [0.05, 0.1) is 25.7 Å². The molecule has 0 radical (unpaired) electrons. The topological polar surface area (TPSA) is 96.3 Å². The average molecular weight is 398 g/mol. The molecule has 0 unspecified atom stereocenters. The van der Waals surface area contributed by atoms with E-state index in [4.69, 9.17) is 14.6 Å². The van der Waals surface area contributed by atoms with E-state index in [-0.39, 0.29) is 37.1 Å². The highest BCUT2D eigenvalue weighted by atomic mass is 16.5. The van der Waals surface area contributed by atoms with Crippen LogP contribution in [0.25, 0.3) is 0 Å². The molecule has 0 aromatic heterocycles. The maximum absolute atomic E-state index is 12.2. The lowest BCUT2D eigenvalue weighted by Gasteiger charge is -2.26. The molecule has 0 aromatic rings. The van der Waals surface area contributed by atoms with Crippen molar-refractivity contribution < 1.29 is 29.3 Å². The standard InChI is InChI=1S/C21H35NO6/c23-11-6-4-2-1-3-5-7-17-18(20(25)16-19(17)24)15-21(26)28-14-10-22-8-12-27-13-9-22/h5,7,17-19,23-24H,1-4,6,8-16H2/b7-5+/t17-,18-,19+/m1/s1. The number of allylic oxidation sites excluding steroid dienone is 1. The van der Waals surface area contributed by atoms with Gasteiger partial charge in [-0.15, -0.1) is 0 Å². The number of carbonyl (C=O) groups excluding carboxylic acids is 2. The second kappa shape index (κ2) is 13.0. The summed E-state index contributed by atoms with van der Waals surface area (Å²) in [4.78, 5) is 26.6. The first-order chi connectivity index (χ1) is 13.6. The summed E-state index contributed by atoms with van der Waals surface area (Å²) < 4.78 is 10.6. The van der Waals surface area contributed by atoms with Crippen LogP contribution in [0.2, 0.25) is 0 Å². The van der Waals surface area contributed by atoms with Crippen LogP contribution in [-0.2, 0) is 19.1 Å². The van der Waals surface area contributed by atoms with E-state index in [1.54, 1.807) is 0 Å². The van der Waals surface area contributed by atoms with Crippen LogP contribution in [0.5, 0.6) is 0 Å². The lowest BCUT2D eigenvalue weighted by molar-refractivity contribution is -0.147. The highest BCUT2D eigenvalue weighted by molar-refractivity contribution is 5.88. The van der Waals surface area contributed by atoms with Gasteiger partial charge in [0.1, 0.15) is 12.4 Å². The summed E-state index contributed by atoms with van der Waals surface area (Å²) in [6, 6.07) is 0. The number of hydrogen-bond donors (Lipinski definition) is 2. The predicted molar refractivity (Wildman–Crippen MR) is 105 cm³/mol. The maximum Gasteiger partial charge on any atom is 0.306 e. The molecule has 2 aliphatic rings. The first-order valence-electron chi connectivity index (χ1n) is 10.6. The third-order valence-corrected chi connectivity index (χ3v) is 5.53. The zero-order valence-corrected chi connectivity index (χ0v) is 16.8. The van der Waals surface area contributed by atoms with E-state index in [0.717, 1.165) is 45.2 Å². The third-order valence-electron chi connectivity index (χ3n) is 5.53. The largest absolute Gasteiger partial charge is 0.464 e. The van der Waals surface area contributed by atoms with Gasteiger partial charge in [-0.1, -0.05) is 25.0 Å². The van der Waals surface area contributed by atoms with Gasteiger partial charge in [-0.2, -0.15) is 0 Å². The van der Waals surface area contributed by atoms with E-state index < -0.39 is 12.0 Å². The Hall–Kier alpha value is -1.28. The molecule has 2 rings (SSSR count). The summed E-state index contributed by atoms with van der Waals surface area (Å²) in [5.41, 5.74) is 0. The van der Waals surface area contributed by atoms with Gasteiger partial charge < -0.3 is 19.7 Å². The highest BCUT2D eigenvalue weighted by Gasteiger charge is 2.41. The van der Waals surface area contributed by atoms with Gasteiger partial charge in [0, 0.05) is 44.5 Å². The van der Waals surface area contributed by atoms with Crippen LogP contribution >= 0.6 is 0 Å². The van der Waals surface area contributed by atoms with Crippen molar-refractivity contribution in [3.8, 4) is 0 Å². The van der Waals surface area contributed by atoms with Gasteiger partial charge in [-0.3, -0.25) is 14.5 Å². The van der Waals surface area contributed by atoms with E-state index in [1.165, 1.54) is 0 Å². The van der Waals surface area contributed by atoms with Gasteiger partial charge in [0.15, 0.2) is 0 Å². The number of nitrogens with zero attached hydrogens (tertiary/aromatic N) is 1. The van der Waals surface area contributed by atoms with Crippen LogP contribution in [0, 0.1) is 11.8 Å². The van der Waals surface area contributed by atoms with Crippen molar-refractivity contribution in [2.75, 3.05) is 46.1 Å². The Bertz CT molecular complexity index is 503. The fourth-order valence-electron chi connectivity index (χ4n) is 3.82. The number of unbranched alkanes of at least 4 members (excludes halogenated alkanes) is 4. The summed E-state index contributed by atoms with van der Waals surface area (Å²) in [7, 11) is 0. The Kier molecular flexibility index (Phi) is 10.7. The van der Waals surface area contributed by atoms with Crippen molar-refractivity contribution in [2.24, 2.45) is 11.8 Å². The molecule has 1 aliphatic carbocycles. The van der Waals surface area contributed by atoms with Crippen LogP contribution in [-0.4, -0.2) is 79.0 Å². The van der Waals surface area contributed by atoms with Gasteiger partial charge in [-0.05, 0) is 19.3 Å². The molecule has 7 heteroatoms. The first-order valence-corrected chi connectivity index (χ1v) is 10.6. The molecule has 1 heterocycles. The molecule has 0 aromatic carbocycles. The van der Waals surface area contributed by atoms with E-state index in [0.29, 0.717) is 26.4 Å². The Morgan fingerprint density at radius 2 is 1.96 bits per heavy atom. The molecular weight excluding hydrogens is 362 g/mol. The number of ether oxygens (including phenoxy) is 2. The van der Waals surface area contributed by atoms with Crippen molar-refractivity contribution in [3.63, 3.8) is 0 Å². The maximum atomic E-state index is 12.2. The van der Waals surface area contributed by atoms with Crippen LogP contribution in [0.3, 0.4) is 0 Å². The van der Waals surface area contributed by atoms with E-state index in [9.17, 15) is 14.7 Å². The summed E-state index contributed by atoms with van der Waals surface area (Å²) in [6.45, 7) is 4.33. The van der Waals surface area contributed by atoms with Crippen molar-refractivity contribution in [2.45, 2.75) is 51.0 Å². The summed E-state index contributed by atoms with van der Waals surface area (Å²) in [5, 5.41) is 19.0. The van der Waals surface area contributed by atoms with Gasteiger partial charge in [0.25, 0.3) is 0 Å². The average Bonchev–Trinajstić information content (AvgIpc) is 2.95. The molecule has 1 saturated heterocycles. The molecule has 1 saturated carbocycles. The van der Waals surface area contributed by atoms with Crippen molar-refractivity contribution in [1.29, 1.82) is 0 Å². The number of carbonyl (C=O) groups is 2. The smallest absolute Gasteiger partial charge is 0.306 e. The van der Waals surface area contributed by atoms with Crippen molar-refractivity contribution in [3.05, 3.63) is 12.2 Å². The van der Waals surface area contributed by atoms with Crippen molar-refractivity contribution in [1.82, 2.24) is 4.90 Å². The first kappa shape index (κ1) is 23.0. The molecule has 2 N–H and O–H groups in total. The van der Waals surface area contributed by atoms with E-state index >= 15 is 0 Å². The van der Waals surface area contributed by atoms with Gasteiger partial charge in [0.2, 0.25) is 0 Å². The molecule has 3 atom stereocenters. The monoisotopic (exact) mass is 397 g/mol. The fourth-order valence-corrected chi connectivity index (χ4v) is 3.82. The third kappa shape index (κ3) is 7.99. The summed E-state index contributed by atoms with van der Waals surface area (Å²) in [5.74, 6) is -1.23. The number of aliphatic hydroxyl groups is 2. The Balaban J connectivity index is 1.70. The SMILES string of the molecule is O=C(C[C@H]1C(=O)C[C@H](O)[C@@H]1/C=C/CCCCCCO)OCCN1CCOCC1. The lowest BCUT2D eigenvalue weighted by Crippen LogP contribution is -2.38. The number of morpholine rings is 1. The minimum absolute atomic E-state index is 0.0323. The Morgan fingerprint density at radius 1 is 1.21 bits per heavy atom. The molecule has 160 valence electrons. The molecule has 28 heavy (non-hydrogen) atoms. The number of aliphatic hydroxyl groups excluding tert-OH is 2. The number of esters is 1.